The molecular weight excluding hydrogens is 288 g/mol. The largest absolute Gasteiger partial charge is 0.462 e. The molecule has 0 radical (unpaired) electrons. The molecule has 0 saturated heterocycles. The van der Waals surface area contributed by atoms with Crippen LogP contribution in [0.5, 0.6) is 0 Å². The first-order chi connectivity index (χ1) is 11.1. The van der Waals surface area contributed by atoms with Gasteiger partial charge in [0.05, 0.1) is 12.2 Å². The SMILES string of the molecule is Nc1cc(N)cc(C(=O)OCCc2cccc3ccccc23)c1. The molecule has 4 heteroatoms. The van der Waals surface area contributed by atoms with Crippen molar-refractivity contribution in [1.29, 1.82) is 0 Å². The zero-order valence-corrected chi connectivity index (χ0v) is 12.7. The molecule has 4 N–H and O–H groups in total. The van der Waals surface area contributed by atoms with Gasteiger partial charge in [-0.25, -0.2) is 4.79 Å². The number of nitrogen functional groups attached to an aromatic ring is 2. The Labute approximate surface area is 134 Å². The second kappa shape index (κ2) is 6.40. The maximum Gasteiger partial charge on any atom is 0.338 e. The van der Waals surface area contributed by atoms with Gasteiger partial charge in [0.2, 0.25) is 0 Å². The minimum atomic E-state index is -0.413. The number of ether oxygens (including phenoxy) is 1. The molecule has 3 aromatic carbocycles. The van der Waals surface area contributed by atoms with E-state index >= 15 is 0 Å². The summed E-state index contributed by atoms with van der Waals surface area (Å²) < 4.78 is 5.34. The van der Waals surface area contributed by atoms with E-state index in [0.29, 0.717) is 30.0 Å². The summed E-state index contributed by atoms with van der Waals surface area (Å²) in [7, 11) is 0. The van der Waals surface area contributed by atoms with Gasteiger partial charge in [-0.15, -0.1) is 0 Å². The van der Waals surface area contributed by atoms with Crippen LogP contribution < -0.4 is 11.5 Å². The predicted molar refractivity (Wildman–Crippen MR) is 93.2 cm³/mol. The highest BCUT2D eigenvalue weighted by Gasteiger charge is 2.09. The Morgan fingerprint density at radius 3 is 2.39 bits per heavy atom. The summed E-state index contributed by atoms with van der Waals surface area (Å²) in [5.41, 5.74) is 13.8. The number of anilines is 2. The van der Waals surface area contributed by atoms with Crippen molar-refractivity contribution in [2.24, 2.45) is 0 Å². The van der Waals surface area contributed by atoms with Crippen LogP contribution in [-0.4, -0.2) is 12.6 Å². The molecule has 0 aliphatic heterocycles. The van der Waals surface area contributed by atoms with Gasteiger partial charge in [-0.1, -0.05) is 42.5 Å². The van der Waals surface area contributed by atoms with E-state index in [9.17, 15) is 4.79 Å². The molecule has 0 aromatic heterocycles. The van der Waals surface area contributed by atoms with Crippen LogP contribution in [0.2, 0.25) is 0 Å². The van der Waals surface area contributed by atoms with E-state index in [2.05, 4.69) is 24.3 Å². The van der Waals surface area contributed by atoms with Gasteiger partial charge in [-0.05, 0) is 34.5 Å². The lowest BCUT2D eigenvalue weighted by Crippen LogP contribution is -2.09. The normalized spacial score (nSPS) is 10.6. The quantitative estimate of drug-likeness (QED) is 0.572. The smallest absolute Gasteiger partial charge is 0.338 e. The average Bonchev–Trinajstić information content (AvgIpc) is 2.54. The van der Waals surface area contributed by atoms with Gasteiger partial charge in [0.15, 0.2) is 0 Å². The Morgan fingerprint density at radius 2 is 1.61 bits per heavy atom. The highest BCUT2D eigenvalue weighted by atomic mass is 16.5. The molecule has 116 valence electrons. The van der Waals surface area contributed by atoms with Gasteiger partial charge in [0.1, 0.15) is 0 Å². The minimum Gasteiger partial charge on any atom is -0.462 e. The van der Waals surface area contributed by atoms with Crippen LogP contribution in [0.15, 0.2) is 60.7 Å². The fraction of sp³-hybridized carbons (Fsp3) is 0.105. The van der Waals surface area contributed by atoms with Crippen LogP contribution >= 0.6 is 0 Å². The second-order valence-corrected chi connectivity index (χ2v) is 5.41. The Morgan fingerprint density at radius 1 is 0.913 bits per heavy atom. The van der Waals surface area contributed by atoms with E-state index in [1.54, 1.807) is 18.2 Å². The van der Waals surface area contributed by atoms with E-state index < -0.39 is 5.97 Å². The van der Waals surface area contributed by atoms with E-state index in [-0.39, 0.29) is 0 Å². The number of hydrogen-bond acceptors (Lipinski definition) is 4. The number of fused-ring (bicyclic) bond motifs is 1. The van der Waals surface area contributed by atoms with Crippen molar-refractivity contribution < 1.29 is 9.53 Å². The van der Waals surface area contributed by atoms with Crippen molar-refractivity contribution in [1.82, 2.24) is 0 Å². The Balaban J connectivity index is 1.68. The molecule has 3 rings (SSSR count). The van der Waals surface area contributed by atoms with Crippen molar-refractivity contribution in [2.45, 2.75) is 6.42 Å². The molecule has 0 spiro atoms. The molecule has 0 aliphatic rings. The van der Waals surface area contributed by atoms with Crippen molar-refractivity contribution in [3.63, 3.8) is 0 Å². The second-order valence-electron chi connectivity index (χ2n) is 5.41. The van der Waals surface area contributed by atoms with Crippen molar-refractivity contribution >= 4 is 28.1 Å². The molecule has 0 atom stereocenters. The lowest BCUT2D eigenvalue weighted by molar-refractivity contribution is 0.0509. The van der Waals surface area contributed by atoms with E-state index in [0.717, 1.165) is 5.56 Å². The number of benzene rings is 3. The summed E-state index contributed by atoms with van der Waals surface area (Å²) in [6.45, 7) is 0.307. The number of hydrogen-bond donors (Lipinski definition) is 2. The van der Waals surface area contributed by atoms with Crippen molar-refractivity contribution in [3.8, 4) is 0 Å². The summed E-state index contributed by atoms with van der Waals surface area (Å²) in [5.74, 6) is -0.413. The summed E-state index contributed by atoms with van der Waals surface area (Å²) in [5, 5.41) is 2.36. The van der Waals surface area contributed by atoms with Gasteiger partial charge in [0, 0.05) is 17.8 Å². The number of carbonyl (C=O) groups is 1. The van der Waals surface area contributed by atoms with Crippen molar-refractivity contribution in [3.05, 3.63) is 71.8 Å². The zero-order valence-electron chi connectivity index (χ0n) is 12.7. The third kappa shape index (κ3) is 3.43. The summed E-state index contributed by atoms with van der Waals surface area (Å²) >= 11 is 0. The van der Waals surface area contributed by atoms with Crippen LogP contribution in [0.4, 0.5) is 11.4 Å². The number of rotatable bonds is 4. The first kappa shape index (κ1) is 14.9. The number of esters is 1. The molecule has 0 saturated carbocycles. The fourth-order valence-corrected chi connectivity index (χ4v) is 2.64. The summed E-state index contributed by atoms with van der Waals surface area (Å²) in [6, 6.07) is 19.0. The monoisotopic (exact) mass is 306 g/mol. The molecule has 0 aliphatic carbocycles. The number of carbonyl (C=O) groups excluding carboxylic acids is 1. The molecule has 3 aromatic rings. The van der Waals surface area contributed by atoms with Gasteiger partial charge in [-0.2, -0.15) is 0 Å². The zero-order chi connectivity index (χ0) is 16.2. The van der Waals surface area contributed by atoms with Gasteiger partial charge in [-0.3, -0.25) is 0 Å². The molecule has 0 amide bonds. The van der Waals surface area contributed by atoms with Gasteiger partial charge in [0.25, 0.3) is 0 Å². The van der Waals surface area contributed by atoms with E-state index in [1.807, 2.05) is 18.2 Å². The molecular formula is C19H18N2O2. The molecule has 0 heterocycles. The lowest BCUT2D eigenvalue weighted by atomic mass is 10.0. The maximum absolute atomic E-state index is 12.1. The Bertz CT molecular complexity index is 833. The summed E-state index contributed by atoms with van der Waals surface area (Å²) in [6.07, 6.45) is 0.658. The van der Waals surface area contributed by atoms with E-state index in [4.69, 9.17) is 16.2 Å². The summed E-state index contributed by atoms with van der Waals surface area (Å²) in [4.78, 5) is 12.1. The van der Waals surface area contributed by atoms with Crippen LogP contribution in [-0.2, 0) is 11.2 Å². The highest BCUT2D eigenvalue weighted by molar-refractivity contribution is 5.91. The third-order valence-corrected chi connectivity index (χ3v) is 3.70. The highest BCUT2D eigenvalue weighted by Crippen LogP contribution is 2.19. The van der Waals surface area contributed by atoms with Crippen molar-refractivity contribution in [2.75, 3.05) is 18.1 Å². The number of nitrogens with two attached hydrogens (primary N) is 2. The van der Waals surface area contributed by atoms with Crippen LogP contribution in [0.1, 0.15) is 15.9 Å². The Kier molecular flexibility index (Phi) is 4.15. The molecule has 0 bridgehead atoms. The van der Waals surface area contributed by atoms with Gasteiger partial charge < -0.3 is 16.2 Å². The van der Waals surface area contributed by atoms with Crippen LogP contribution in [0.25, 0.3) is 10.8 Å². The molecule has 4 nitrogen and oxygen atoms in total. The standard InChI is InChI=1S/C19H18N2O2/c20-16-10-15(11-17(21)12-16)19(22)23-9-8-14-6-3-5-13-4-1-2-7-18(13)14/h1-7,10-12H,8-9,20-21H2. The topological polar surface area (TPSA) is 78.3 Å². The minimum absolute atomic E-state index is 0.307. The third-order valence-electron chi connectivity index (χ3n) is 3.70. The predicted octanol–water partition coefficient (Wildman–Crippen LogP) is 3.40. The first-order valence-electron chi connectivity index (χ1n) is 7.43. The average molecular weight is 306 g/mol. The van der Waals surface area contributed by atoms with Crippen LogP contribution in [0.3, 0.4) is 0 Å². The van der Waals surface area contributed by atoms with E-state index in [1.165, 1.54) is 10.8 Å². The first-order valence-corrected chi connectivity index (χ1v) is 7.43. The molecule has 23 heavy (non-hydrogen) atoms. The lowest BCUT2D eigenvalue weighted by Gasteiger charge is -2.08. The maximum atomic E-state index is 12.1. The molecule has 0 fully saturated rings. The Hall–Kier alpha value is -3.01. The fourth-order valence-electron chi connectivity index (χ4n) is 2.64. The van der Waals surface area contributed by atoms with Gasteiger partial charge >= 0.3 is 5.97 Å². The molecule has 0 unspecified atom stereocenters. The van der Waals surface area contributed by atoms with Crippen LogP contribution in [0, 0.1) is 0 Å².